The van der Waals surface area contributed by atoms with Crippen molar-refractivity contribution in [3.05, 3.63) is 30.0 Å². The minimum atomic E-state index is 0.303. The predicted molar refractivity (Wildman–Crippen MR) is 72.4 cm³/mol. The first-order valence-electron chi connectivity index (χ1n) is 6.35. The molecule has 0 atom stereocenters. The van der Waals surface area contributed by atoms with E-state index >= 15 is 0 Å². The molecule has 0 bridgehead atoms. The van der Waals surface area contributed by atoms with Crippen LogP contribution in [0.15, 0.2) is 24.3 Å². The number of nitrogens with one attached hydrogen (secondary N) is 1. The zero-order valence-electron chi connectivity index (χ0n) is 11.1. The largest absolute Gasteiger partial charge is 0.454 e. The number of fused-ring (bicyclic) bond motifs is 1. The number of nitrogens with zero attached hydrogens (tertiary/aromatic N) is 2. The molecule has 0 radical (unpaired) electrons. The lowest BCUT2D eigenvalue weighted by Crippen LogP contribution is -2.10. The molecule has 0 unspecified atom stereocenters. The summed E-state index contributed by atoms with van der Waals surface area (Å²) in [6, 6.07) is 8.10. The van der Waals surface area contributed by atoms with Crippen LogP contribution < -0.4 is 14.8 Å². The van der Waals surface area contributed by atoms with Gasteiger partial charge in [0.2, 0.25) is 6.79 Å². The van der Waals surface area contributed by atoms with Crippen molar-refractivity contribution in [3.8, 4) is 22.8 Å². The second kappa shape index (κ2) is 4.93. The van der Waals surface area contributed by atoms with Crippen molar-refractivity contribution in [2.24, 2.45) is 7.05 Å². The number of hydrogen-bond acceptors (Lipinski definition) is 4. The first-order chi connectivity index (χ1) is 9.28. The number of aromatic nitrogens is 2. The Morgan fingerprint density at radius 2 is 2.11 bits per heavy atom. The first-order valence-corrected chi connectivity index (χ1v) is 6.35. The van der Waals surface area contributed by atoms with Gasteiger partial charge in [-0.15, -0.1) is 0 Å². The number of hydrogen-bond donors (Lipinski definition) is 1. The van der Waals surface area contributed by atoms with Crippen LogP contribution in [0.5, 0.6) is 11.5 Å². The lowest BCUT2D eigenvalue weighted by Gasteiger charge is -2.03. The van der Waals surface area contributed by atoms with E-state index in [0.29, 0.717) is 6.79 Å². The van der Waals surface area contributed by atoms with Gasteiger partial charge in [-0.1, -0.05) is 0 Å². The quantitative estimate of drug-likeness (QED) is 0.905. The van der Waals surface area contributed by atoms with E-state index in [2.05, 4.69) is 16.5 Å². The molecule has 0 amide bonds. The SMILES string of the molecule is CNCCc1cc(-c2ccc3c(c2)OCO3)n(C)n1. The summed E-state index contributed by atoms with van der Waals surface area (Å²) in [5.41, 5.74) is 3.27. The van der Waals surface area contributed by atoms with Gasteiger partial charge >= 0.3 is 0 Å². The summed E-state index contributed by atoms with van der Waals surface area (Å²) in [6.45, 7) is 1.23. The molecule has 1 aromatic carbocycles. The summed E-state index contributed by atoms with van der Waals surface area (Å²) >= 11 is 0. The van der Waals surface area contributed by atoms with E-state index in [9.17, 15) is 0 Å². The van der Waals surface area contributed by atoms with E-state index in [0.717, 1.165) is 41.4 Å². The van der Waals surface area contributed by atoms with Gasteiger partial charge in [0.15, 0.2) is 11.5 Å². The van der Waals surface area contributed by atoms with Gasteiger partial charge in [-0.3, -0.25) is 4.68 Å². The highest BCUT2D eigenvalue weighted by Gasteiger charge is 2.15. The number of likely N-dealkylation sites (N-methyl/N-ethyl adjacent to an activating group) is 1. The second-order valence-electron chi connectivity index (χ2n) is 4.57. The van der Waals surface area contributed by atoms with Crippen LogP contribution in [-0.2, 0) is 13.5 Å². The summed E-state index contributed by atoms with van der Waals surface area (Å²) < 4.78 is 12.6. The van der Waals surface area contributed by atoms with Crippen LogP contribution >= 0.6 is 0 Å². The third kappa shape index (κ3) is 2.29. The van der Waals surface area contributed by atoms with Crippen molar-refractivity contribution in [2.45, 2.75) is 6.42 Å². The van der Waals surface area contributed by atoms with Crippen LogP contribution in [0.2, 0.25) is 0 Å². The Hall–Kier alpha value is -2.01. The maximum Gasteiger partial charge on any atom is 0.231 e. The average molecular weight is 259 g/mol. The third-order valence-electron chi connectivity index (χ3n) is 3.23. The molecule has 0 fully saturated rings. The highest BCUT2D eigenvalue weighted by atomic mass is 16.7. The molecular formula is C14H17N3O2. The Kier molecular flexibility index (Phi) is 3.13. The molecule has 1 aliphatic heterocycles. The van der Waals surface area contributed by atoms with E-state index in [-0.39, 0.29) is 0 Å². The molecule has 5 nitrogen and oxygen atoms in total. The van der Waals surface area contributed by atoms with E-state index < -0.39 is 0 Å². The Morgan fingerprint density at radius 1 is 1.26 bits per heavy atom. The third-order valence-corrected chi connectivity index (χ3v) is 3.23. The van der Waals surface area contributed by atoms with Gasteiger partial charge in [0.25, 0.3) is 0 Å². The van der Waals surface area contributed by atoms with E-state index in [1.165, 1.54) is 0 Å². The topological polar surface area (TPSA) is 48.3 Å². The highest BCUT2D eigenvalue weighted by molar-refractivity contribution is 5.65. The van der Waals surface area contributed by atoms with Crippen LogP contribution in [0.4, 0.5) is 0 Å². The maximum atomic E-state index is 5.41. The summed E-state index contributed by atoms with van der Waals surface area (Å²) in [7, 11) is 3.91. The molecule has 2 heterocycles. The summed E-state index contributed by atoms with van der Waals surface area (Å²) in [5.74, 6) is 1.61. The number of aryl methyl sites for hydroxylation is 1. The number of rotatable bonds is 4. The lowest BCUT2D eigenvalue weighted by molar-refractivity contribution is 0.174. The molecule has 0 saturated heterocycles. The van der Waals surface area contributed by atoms with Crippen molar-refractivity contribution in [1.82, 2.24) is 15.1 Å². The highest BCUT2D eigenvalue weighted by Crippen LogP contribution is 2.35. The number of ether oxygens (including phenoxy) is 2. The van der Waals surface area contributed by atoms with Crippen molar-refractivity contribution in [2.75, 3.05) is 20.4 Å². The molecule has 0 aliphatic carbocycles. The lowest BCUT2D eigenvalue weighted by atomic mass is 10.1. The first kappa shape index (κ1) is 12.0. The number of benzene rings is 1. The van der Waals surface area contributed by atoms with Gasteiger partial charge < -0.3 is 14.8 Å². The van der Waals surface area contributed by atoms with E-state index in [1.807, 2.05) is 37.0 Å². The molecule has 1 aliphatic rings. The van der Waals surface area contributed by atoms with E-state index in [4.69, 9.17) is 9.47 Å². The van der Waals surface area contributed by atoms with Crippen LogP contribution in [0.3, 0.4) is 0 Å². The van der Waals surface area contributed by atoms with Gasteiger partial charge in [-0.05, 0) is 31.3 Å². The van der Waals surface area contributed by atoms with Gasteiger partial charge in [-0.25, -0.2) is 0 Å². The average Bonchev–Trinajstić information content (AvgIpc) is 3.01. The molecule has 0 spiro atoms. The van der Waals surface area contributed by atoms with Crippen molar-refractivity contribution >= 4 is 0 Å². The van der Waals surface area contributed by atoms with Crippen molar-refractivity contribution in [1.29, 1.82) is 0 Å². The minimum absolute atomic E-state index is 0.303. The predicted octanol–water partition coefficient (Wildman–Crippen LogP) is 1.58. The molecular weight excluding hydrogens is 242 g/mol. The van der Waals surface area contributed by atoms with Crippen LogP contribution in [0.25, 0.3) is 11.3 Å². The molecule has 1 N–H and O–H groups in total. The molecule has 3 rings (SSSR count). The van der Waals surface area contributed by atoms with Crippen LogP contribution in [-0.4, -0.2) is 30.2 Å². The standard InChI is InChI=1S/C14H17N3O2/c1-15-6-5-11-8-12(17(2)16-11)10-3-4-13-14(7-10)19-9-18-13/h3-4,7-8,15H,5-6,9H2,1-2H3. The van der Waals surface area contributed by atoms with Gasteiger partial charge in [0.1, 0.15) is 0 Å². The van der Waals surface area contributed by atoms with E-state index in [1.54, 1.807) is 0 Å². The van der Waals surface area contributed by atoms with Crippen molar-refractivity contribution < 1.29 is 9.47 Å². The Morgan fingerprint density at radius 3 is 2.95 bits per heavy atom. The smallest absolute Gasteiger partial charge is 0.231 e. The summed E-state index contributed by atoms with van der Waals surface area (Å²) in [4.78, 5) is 0. The Balaban J connectivity index is 1.91. The fourth-order valence-corrected chi connectivity index (χ4v) is 2.23. The Bertz CT molecular complexity index is 592. The zero-order valence-corrected chi connectivity index (χ0v) is 11.1. The van der Waals surface area contributed by atoms with Gasteiger partial charge in [0.05, 0.1) is 11.4 Å². The fraction of sp³-hybridized carbons (Fsp3) is 0.357. The zero-order chi connectivity index (χ0) is 13.2. The normalized spacial score (nSPS) is 12.9. The van der Waals surface area contributed by atoms with Crippen molar-refractivity contribution in [3.63, 3.8) is 0 Å². The monoisotopic (exact) mass is 259 g/mol. The molecule has 19 heavy (non-hydrogen) atoms. The van der Waals surface area contributed by atoms with Gasteiger partial charge in [0, 0.05) is 25.6 Å². The maximum absolute atomic E-state index is 5.41. The molecule has 0 saturated carbocycles. The molecule has 100 valence electrons. The van der Waals surface area contributed by atoms with Crippen LogP contribution in [0.1, 0.15) is 5.69 Å². The fourth-order valence-electron chi connectivity index (χ4n) is 2.23. The molecule has 2 aromatic rings. The Labute approximate surface area is 112 Å². The molecule has 5 heteroatoms. The molecule has 1 aromatic heterocycles. The van der Waals surface area contributed by atoms with Crippen LogP contribution in [0, 0.1) is 0 Å². The van der Waals surface area contributed by atoms with Gasteiger partial charge in [-0.2, -0.15) is 5.10 Å². The summed E-state index contributed by atoms with van der Waals surface area (Å²) in [6.07, 6.45) is 0.925. The second-order valence-corrected chi connectivity index (χ2v) is 4.57. The minimum Gasteiger partial charge on any atom is -0.454 e. The summed E-state index contributed by atoms with van der Waals surface area (Å²) in [5, 5.41) is 7.66.